The van der Waals surface area contributed by atoms with Crippen molar-refractivity contribution in [2.24, 2.45) is 0 Å². The van der Waals surface area contributed by atoms with Crippen LogP contribution in [-0.4, -0.2) is 22.0 Å². The van der Waals surface area contributed by atoms with Crippen LogP contribution in [-0.2, 0) is 0 Å². The predicted octanol–water partition coefficient (Wildman–Crippen LogP) is 1.82. The summed E-state index contributed by atoms with van der Waals surface area (Å²) < 4.78 is 1.86. The van der Waals surface area contributed by atoms with Crippen molar-refractivity contribution in [3.8, 4) is 0 Å². The van der Waals surface area contributed by atoms with E-state index in [1.165, 1.54) is 0 Å². The van der Waals surface area contributed by atoms with E-state index in [-0.39, 0.29) is 6.03 Å². The highest BCUT2D eigenvalue weighted by atomic mass is 28.3. The van der Waals surface area contributed by atoms with Crippen LogP contribution in [0.1, 0.15) is 0 Å². The van der Waals surface area contributed by atoms with Gasteiger partial charge in [-0.25, -0.2) is 4.79 Å². The van der Waals surface area contributed by atoms with Gasteiger partial charge in [-0.2, -0.15) is 0 Å². The molecule has 0 atom stereocenters. The number of amides is 2. The number of rotatable bonds is 2. The molecular formula is C10H16N2OSi. The summed E-state index contributed by atoms with van der Waals surface area (Å²) in [6, 6.07) is 9.75. The van der Waals surface area contributed by atoms with Gasteiger partial charge in [0.1, 0.15) is 8.96 Å². The van der Waals surface area contributed by atoms with Gasteiger partial charge in [0.25, 0.3) is 0 Å². The highest BCUT2D eigenvalue weighted by Crippen LogP contribution is 2.14. The molecule has 4 heteroatoms. The number of urea groups is 1. The Morgan fingerprint density at radius 1 is 1.29 bits per heavy atom. The predicted molar refractivity (Wildman–Crippen MR) is 62.3 cm³/mol. The van der Waals surface area contributed by atoms with Crippen LogP contribution in [0.15, 0.2) is 30.3 Å². The van der Waals surface area contributed by atoms with Gasteiger partial charge in [-0.05, 0) is 12.1 Å². The Kier molecular flexibility index (Phi) is 3.70. The molecule has 0 saturated carbocycles. The summed E-state index contributed by atoms with van der Waals surface area (Å²) in [5, 5.41) is 2.67. The third-order valence-corrected chi connectivity index (χ3v) is 3.55. The number of hydrogen-bond acceptors (Lipinski definition) is 1. The third kappa shape index (κ3) is 2.35. The second-order valence-corrected chi connectivity index (χ2v) is 6.06. The first kappa shape index (κ1) is 10.8. The minimum atomic E-state index is -1.17. The smallest absolute Gasteiger partial charge is 0.313 e. The van der Waals surface area contributed by atoms with Crippen molar-refractivity contribution in [1.29, 1.82) is 0 Å². The van der Waals surface area contributed by atoms with Gasteiger partial charge in [0, 0.05) is 12.7 Å². The maximum atomic E-state index is 11.6. The van der Waals surface area contributed by atoms with E-state index in [2.05, 4.69) is 18.4 Å². The lowest BCUT2D eigenvalue weighted by molar-refractivity contribution is 0.251. The summed E-state index contributed by atoms with van der Waals surface area (Å²) in [4.78, 5) is 11.6. The number of benzene rings is 1. The molecule has 2 amide bonds. The largest absolute Gasteiger partial charge is 0.341 e. The van der Waals surface area contributed by atoms with Crippen LogP contribution >= 0.6 is 0 Å². The summed E-state index contributed by atoms with van der Waals surface area (Å²) in [6.45, 7) is 4.25. The molecule has 0 unspecified atom stereocenters. The second-order valence-electron chi connectivity index (χ2n) is 3.35. The summed E-state index contributed by atoms with van der Waals surface area (Å²) in [6.07, 6.45) is 0. The van der Waals surface area contributed by atoms with Crippen LogP contribution in [0.4, 0.5) is 10.5 Å². The van der Waals surface area contributed by atoms with Crippen molar-refractivity contribution >= 4 is 20.7 Å². The quantitative estimate of drug-likeness (QED) is 0.739. The summed E-state index contributed by atoms with van der Waals surface area (Å²) >= 11 is 0. The number of nitrogens with zero attached hydrogens (tertiary/aromatic N) is 1. The van der Waals surface area contributed by atoms with Gasteiger partial charge >= 0.3 is 6.03 Å². The molecular weight excluding hydrogens is 192 g/mol. The molecule has 0 aromatic heterocycles. The molecule has 0 heterocycles. The van der Waals surface area contributed by atoms with E-state index in [4.69, 9.17) is 0 Å². The maximum Gasteiger partial charge on any atom is 0.313 e. The van der Waals surface area contributed by atoms with Crippen LogP contribution < -0.4 is 9.88 Å². The number of carbonyl (C=O) groups excluding carboxylic acids is 1. The van der Waals surface area contributed by atoms with Crippen LogP contribution in [0.25, 0.3) is 0 Å². The number of hydrogen-bond donors (Lipinski definition) is 1. The zero-order valence-electron chi connectivity index (χ0n) is 8.82. The Morgan fingerprint density at radius 2 is 1.86 bits per heavy atom. The molecule has 0 bridgehead atoms. The van der Waals surface area contributed by atoms with Gasteiger partial charge in [-0.3, -0.25) is 0 Å². The molecule has 0 saturated heterocycles. The molecule has 14 heavy (non-hydrogen) atoms. The third-order valence-electron chi connectivity index (χ3n) is 1.98. The first-order valence-corrected chi connectivity index (χ1v) is 7.55. The molecule has 0 aliphatic rings. The van der Waals surface area contributed by atoms with Gasteiger partial charge in [0.2, 0.25) is 0 Å². The van der Waals surface area contributed by atoms with E-state index in [1.54, 1.807) is 7.05 Å². The Morgan fingerprint density at radius 3 is 2.29 bits per heavy atom. The maximum absolute atomic E-state index is 11.6. The molecule has 0 aliphatic carbocycles. The standard InChI is InChI=1S/C10H16N2OSi/c1-11-10(13)12(14(2)3)9-7-5-4-6-8-9/h4-8,14H,1-3H3,(H,11,13). The van der Waals surface area contributed by atoms with Gasteiger partial charge < -0.3 is 9.88 Å². The molecule has 3 nitrogen and oxygen atoms in total. The topological polar surface area (TPSA) is 32.3 Å². The zero-order valence-corrected chi connectivity index (χ0v) is 9.97. The fourth-order valence-corrected chi connectivity index (χ4v) is 2.73. The monoisotopic (exact) mass is 208 g/mol. The van der Waals surface area contributed by atoms with E-state index in [9.17, 15) is 4.79 Å². The van der Waals surface area contributed by atoms with Crippen LogP contribution in [0.5, 0.6) is 0 Å². The molecule has 0 spiro atoms. The van der Waals surface area contributed by atoms with E-state index in [0.29, 0.717) is 0 Å². The van der Waals surface area contributed by atoms with E-state index in [0.717, 1.165) is 5.69 Å². The lowest BCUT2D eigenvalue weighted by Crippen LogP contribution is -2.45. The van der Waals surface area contributed by atoms with E-state index in [1.807, 2.05) is 34.9 Å². The molecule has 0 fully saturated rings. The molecule has 0 aliphatic heterocycles. The van der Waals surface area contributed by atoms with Crippen LogP contribution in [0.2, 0.25) is 13.1 Å². The van der Waals surface area contributed by atoms with Crippen molar-refractivity contribution < 1.29 is 4.79 Å². The number of para-hydroxylation sites is 1. The number of anilines is 1. The van der Waals surface area contributed by atoms with Gasteiger partial charge in [-0.15, -0.1) is 0 Å². The first-order chi connectivity index (χ1) is 6.66. The average Bonchev–Trinajstić information content (AvgIpc) is 2.19. The molecule has 0 radical (unpaired) electrons. The van der Waals surface area contributed by atoms with Gasteiger partial charge in [-0.1, -0.05) is 31.3 Å². The highest BCUT2D eigenvalue weighted by molar-refractivity contribution is 6.65. The molecule has 76 valence electrons. The van der Waals surface area contributed by atoms with Crippen LogP contribution in [0, 0.1) is 0 Å². The molecule has 1 aromatic rings. The van der Waals surface area contributed by atoms with Crippen molar-refractivity contribution in [2.75, 3.05) is 11.6 Å². The summed E-state index contributed by atoms with van der Waals surface area (Å²) in [5.74, 6) is 0. The van der Waals surface area contributed by atoms with Crippen molar-refractivity contribution in [1.82, 2.24) is 5.32 Å². The lowest BCUT2D eigenvalue weighted by atomic mass is 10.3. The Bertz CT molecular complexity index is 300. The highest BCUT2D eigenvalue weighted by Gasteiger charge is 2.17. The minimum Gasteiger partial charge on any atom is -0.341 e. The Labute approximate surface area is 86.4 Å². The van der Waals surface area contributed by atoms with Crippen molar-refractivity contribution in [3.05, 3.63) is 30.3 Å². The van der Waals surface area contributed by atoms with E-state index >= 15 is 0 Å². The fourth-order valence-electron chi connectivity index (χ4n) is 1.36. The van der Waals surface area contributed by atoms with Crippen molar-refractivity contribution in [3.63, 3.8) is 0 Å². The fraction of sp³-hybridized carbons (Fsp3) is 0.300. The average molecular weight is 208 g/mol. The molecule has 1 rings (SSSR count). The molecule has 1 N–H and O–H groups in total. The number of nitrogens with one attached hydrogen (secondary N) is 1. The summed E-state index contributed by atoms with van der Waals surface area (Å²) in [5.41, 5.74) is 0.980. The minimum absolute atomic E-state index is 0.0159. The van der Waals surface area contributed by atoms with Gasteiger partial charge in [0.15, 0.2) is 0 Å². The number of carbonyl (C=O) groups is 1. The first-order valence-electron chi connectivity index (χ1n) is 4.72. The Hall–Kier alpha value is -1.29. The molecule has 1 aromatic carbocycles. The lowest BCUT2D eigenvalue weighted by Gasteiger charge is -2.25. The van der Waals surface area contributed by atoms with Crippen LogP contribution in [0.3, 0.4) is 0 Å². The van der Waals surface area contributed by atoms with Crippen molar-refractivity contribution in [2.45, 2.75) is 13.1 Å². The Balaban J connectivity index is 2.95. The second kappa shape index (κ2) is 4.81. The van der Waals surface area contributed by atoms with Gasteiger partial charge in [0.05, 0.1) is 0 Å². The van der Waals surface area contributed by atoms with E-state index < -0.39 is 8.96 Å². The summed E-state index contributed by atoms with van der Waals surface area (Å²) in [7, 11) is 0.495. The SMILES string of the molecule is CNC(=O)N(c1ccccc1)[SiH](C)C. The normalized spacial score (nSPS) is 10.0. The zero-order chi connectivity index (χ0) is 10.6.